The van der Waals surface area contributed by atoms with E-state index >= 15 is 0 Å². The van der Waals surface area contributed by atoms with Crippen LogP contribution in [0.2, 0.25) is 0 Å². The maximum Gasteiger partial charge on any atom is 0.159 e. The van der Waals surface area contributed by atoms with Gasteiger partial charge >= 0.3 is 0 Å². The lowest BCUT2D eigenvalue weighted by molar-refractivity contribution is -0.115. The van der Waals surface area contributed by atoms with Crippen molar-refractivity contribution in [3.63, 3.8) is 0 Å². The van der Waals surface area contributed by atoms with E-state index in [9.17, 15) is 4.79 Å². The van der Waals surface area contributed by atoms with Gasteiger partial charge in [-0.2, -0.15) is 0 Å². The average molecular weight is 185 g/mol. The number of hydrogen-bond donors (Lipinski definition) is 0. The Labute approximate surface area is 82.8 Å². The Bertz CT molecular complexity index is 422. The molecule has 2 aliphatic heterocycles. The van der Waals surface area contributed by atoms with Gasteiger partial charge in [0.2, 0.25) is 0 Å². The van der Waals surface area contributed by atoms with Gasteiger partial charge < -0.3 is 4.90 Å². The molecule has 0 N–H and O–H groups in total. The number of nitrogens with zero attached hydrogens (tertiary/aromatic N) is 1. The van der Waals surface area contributed by atoms with Crippen LogP contribution in [0.1, 0.15) is 12.0 Å². The molecule has 0 aliphatic carbocycles. The lowest BCUT2D eigenvalue weighted by atomic mass is 10.0. The number of para-hydroxylation sites is 1. The molecule has 1 aromatic rings. The van der Waals surface area contributed by atoms with E-state index in [2.05, 4.69) is 23.1 Å². The molecule has 0 spiro atoms. The van der Waals surface area contributed by atoms with Crippen molar-refractivity contribution in [1.29, 1.82) is 0 Å². The van der Waals surface area contributed by atoms with Crippen molar-refractivity contribution in [3.8, 4) is 0 Å². The first kappa shape index (κ1) is 7.80. The SMILES string of the molecule is O=C1C=CN2c3ccccc3CC2C1. The van der Waals surface area contributed by atoms with Crippen LogP contribution >= 0.6 is 0 Å². The zero-order chi connectivity index (χ0) is 9.54. The Balaban J connectivity index is 2.07. The minimum atomic E-state index is 0.249. The Morgan fingerprint density at radius 2 is 2.07 bits per heavy atom. The van der Waals surface area contributed by atoms with Gasteiger partial charge in [0.25, 0.3) is 0 Å². The zero-order valence-corrected chi connectivity index (χ0v) is 7.81. The maximum atomic E-state index is 11.2. The molecule has 14 heavy (non-hydrogen) atoms. The first-order valence-corrected chi connectivity index (χ1v) is 4.92. The fourth-order valence-corrected chi connectivity index (χ4v) is 2.32. The number of carbonyl (C=O) groups is 1. The summed E-state index contributed by atoms with van der Waals surface area (Å²) < 4.78 is 0. The van der Waals surface area contributed by atoms with Crippen molar-refractivity contribution >= 4 is 11.5 Å². The number of allylic oxidation sites excluding steroid dienone is 1. The van der Waals surface area contributed by atoms with Crippen molar-refractivity contribution in [3.05, 3.63) is 42.1 Å². The van der Waals surface area contributed by atoms with E-state index in [4.69, 9.17) is 0 Å². The summed E-state index contributed by atoms with van der Waals surface area (Å²) >= 11 is 0. The highest BCUT2D eigenvalue weighted by Crippen LogP contribution is 2.35. The third-order valence-corrected chi connectivity index (χ3v) is 2.98. The minimum Gasteiger partial charge on any atom is -0.344 e. The number of rotatable bonds is 0. The van der Waals surface area contributed by atoms with E-state index in [1.165, 1.54) is 11.3 Å². The fourth-order valence-electron chi connectivity index (χ4n) is 2.32. The number of carbonyl (C=O) groups excluding carboxylic acids is 1. The van der Waals surface area contributed by atoms with Crippen molar-refractivity contribution < 1.29 is 4.79 Å². The molecule has 1 atom stereocenters. The fraction of sp³-hybridized carbons (Fsp3) is 0.250. The van der Waals surface area contributed by atoms with Gasteiger partial charge in [-0.05, 0) is 24.1 Å². The summed E-state index contributed by atoms with van der Waals surface area (Å²) in [5.74, 6) is 0.249. The number of ketones is 1. The number of fused-ring (bicyclic) bond motifs is 3. The Morgan fingerprint density at radius 3 is 3.00 bits per heavy atom. The predicted octanol–water partition coefficient (Wildman–Crippen LogP) is 1.90. The molecule has 2 heteroatoms. The molecule has 0 bridgehead atoms. The van der Waals surface area contributed by atoms with Crippen LogP contribution in [-0.2, 0) is 11.2 Å². The largest absolute Gasteiger partial charge is 0.344 e. The van der Waals surface area contributed by atoms with E-state index in [1.807, 2.05) is 12.3 Å². The summed E-state index contributed by atoms with van der Waals surface area (Å²) in [5, 5.41) is 0. The van der Waals surface area contributed by atoms with E-state index < -0.39 is 0 Å². The molecule has 3 rings (SSSR count). The minimum absolute atomic E-state index is 0.249. The molecule has 2 heterocycles. The van der Waals surface area contributed by atoms with Gasteiger partial charge in [-0.25, -0.2) is 0 Å². The summed E-state index contributed by atoms with van der Waals surface area (Å²) in [6, 6.07) is 8.74. The number of benzene rings is 1. The van der Waals surface area contributed by atoms with Crippen molar-refractivity contribution in [1.82, 2.24) is 0 Å². The van der Waals surface area contributed by atoms with Crippen molar-refractivity contribution in [2.45, 2.75) is 18.9 Å². The molecule has 70 valence electrons. The van der Waals surface area contributed by atoms with Crippen LogP contribution in [0.3, 0.4) is 0 Å². The zero-order valence-electron chi connectivity index (χ0n) is 7.81. The molecule has 2 aliphatic rings. The van der Waals surface area contributed by atoms with Gasteiger partial charge in [-0.15, -0.1) is 0 Å². The second-order valence-corrected chi connectivity index (χ2v) is 3.88. The smallest absolute Gasteiger partial charge is 0.159 e. The average Bonchev–Trinajstić information content (AvgIpc) is 2.54. The number of anilines is 1. The lowest BCUT2D eigenvalue weighted by Crippen LogP contribution is -2.32. The quantitative estimate of drug-likeness (QED) is 0.615. The molecular weight excluding hydrogens is 174 g/mol. The third-order valence-electron chi connectivity index (χ3n) is 2.98. The van der Waals surface area contributed by atoms with Crippen LogP contribution in [0.5, 0.6) is 0 Å². The third kappa shape index (κ3) is 1.00. The van der Waals surface area contributed by atoms with E-state index in [-0.39, 0.29) is 5.78 Å². The van der Waals surface area contributed by atoms with Crippen LogP contribution in [0, 0.1) is 0 Å². The van der Waals surface area contributed by atoms with Gasteiger partial charge in [0.15, 0.2) is 5.78 Å². The summed E-state index contributed by atoms with van der Waals surface area (Å²) in [5.41, 5.74) is 2.62. The highest BCUT2D eigenvalue weighted by molar-refractivity contribution is 5.93. The summed E-state index contributed by atoms with van der Waals surface area (Å²) in [7, 11) is 0. The Hall–Kier alpha value is -1.57. The summed E-state index contributed by atoms with van der Waals surface area (Å²) in [6.45, 7) is 0. The molecular formula is C12H11NO. The molecule has 0 saturated heterocycles. The topological polar surface area (TPSA) is 20.3 Å². The molecule has 0 radical (unpaired) electrons. The Morgan fingerprint density at radius 1 is 1.21 bits per heavy atom. The molecule has 2 nitrogen and oxygen atoms in total. The molecule has 0 fully saturated rings. The van der Waals surface area contributed by atoms with Crippen LogP contribution < -0.4 is 4.90 Å². The van der Waals surface area contributed by atoms with Gasteiger partial charge in [-0.1, -0.05) is 18.2 Å². The van der Waals surface area contributed by atoms with E-state index in [0.29, 0.717) is 12.5 Å². The van der Waals surface area contributed by atoms with Crippen molar-refractivity contribution in [2.75, 3.05) is 4.90 Å². The predicted molar refractivity (Wildman–Crippen MR) is 55.2 cm³/mol. The molecule has 1 aromatic carbocycles. The molecule has 0 saturated carbocycles. The Kier molecular flexibility index (Phi) is 1.51. The van der Waals surface area contributed by atoms with Crippen molar-refractivity contribution in [2.24, 2.45) is 0 Å². The van der Waals surface area contributed by atoms with E-state index in [1.54, 1.807) is 6.08 Å². The van der Waals surface area contributed by atoms with Crippen LogP contribution in [-0.4, -0.2) is 11.8 Å². The first-order chi connectivity index (χ1) is 6.84. The molecule has 1 unspecified atom stereocenters. The van der Waals surface area contributed by atoms with Crippen LogP contribution in [0.4, 0.5) is 5.69 Å². The number of hydrogen-bond acceptors (Lipinski definition) is 2. The standard InChI is InChI=1S/C12H11NO/c14-11-5-6-13-10(8-11)7-9-3-1-2-4-12(9)13/h1-6,10H,7-8H2. The maximum absolute atomic E-state index is 11.2. The summed E-state index contributed by atoms with van der Waals surface area (Å²) in [6.07, 6.45) is 5.26. The monoisotopic (exact) mass is 185 g/mol. The van der Waals surface area contributed by atoms with Gasteiger partial charge in [0.1, 0.15) is 0 Å². The highest BCUT2D eigenvalue weighted by Gasteiger charge is 2.30. The van der Waals surface area contributed by atoms with Gasteiger partial charge in [0.05, 0.1) is 0 Å². The molecule has 0 amide bonds. The van der Waals surface area contributed by atoms with Crippen LogP contribution in [0.15, 0.2) is 36.5 Å². The molecule has 0 aromatic heterocycles. The second-order valence-electron chi connectivity index (χ2n) is 3.88. The second kappa shape index (κ2) is 2.71. The summed E-state index contributed by atoms with van der Waals surface area (Å²) in [4.78, 5) is 13.5. The van der Waals surface area contributed by atoms with E-state index in [0.717, 1.165) is 6.42 Å². The highest BCUT2D eigenvalue weighted by atomic mass is 16.1. The normalized spacial score (nSPS) is 23.6. The van der Waals surface area contributed by atoms with Gasteiger partial charge in [-0.3, -0.25) is 4.79 Å². The van der Waals surface area contributed by atoms with Crippen LogP contribution in [0.25, 0.3) is 0 Å². The van der Waals surface area contributed by atoms with Gasteiger partial charge in [0, 0.05) is 24.4 Å². The lowest BCUT2D eigenvalue weighted by Gasteiger charge is -2.25. The first-order valence-electron chi connectivity index (χ1n) is 4.92.